The van der Waals surface area contributed by atoms with Crippen molar-refractivity contribution >= 4 is 11.7 Å². The first kappa shape index (κ1) is 28.5. The Labute approximate surface area is 170 Å². The zero-order chi connectivity index (χ0) is 26.5. The maximum atomic E-state index is 13.6. The first-order chi connectivity index (χ1) is 14.4. The van der Waals surface area contributed by atoms with Gasteiger partial charge in [0.2, 0.25) is 0 Å². The standard InChI is InChI=1S/C14H6F16N2O/c15-6(16)8(17,18)10(21,22)12(25,26)14(29,30)13(27,28)11(23,24)9(19,20)7(33)32-5-3-1-2-4-31-5/h1-4,6H,(H,31,32,33). The molecule has 0 fully saturated rings. The smallest absolute Gasteiger partial charge is 0.305 e. The lowest BCUT2D eigenvalue weighted by atomic mass is 9.89. The van der Waals surface area contributed by atoms with Crippen molar-refractivity contribution in [1.82, 2.24) is 4.98 Å². The minimum atomic E-state index is -8.56. The van der Waals surface area contributed by atoms with Gasteiger partial charge in [-0.3, -0.25) is 4.79 Å². The van der Waals surface area contributed by atoms with Crippen molar-refractivity contribution in [2.45, 2.75) is 47.9 Å². The summed E-state index contributed by atoms with van der Waals surface area (Å²) in [4.78, 5) is 14.3. The Morgan fingerprint density at radius 2 is 1.12 bits per heavy atom. The lowest BCUT2D eigenvalue weighted by Gasteiger charge is -2.42. The second-order valence-electron chi connectivity index (χ2n) is 6.04. The van der Waals surface area contributed by atoms with E-state index < -0.39 is 59.6 Å². The van der Waals surface area contributed by atoms with Gasteiger partial charge in [0.1, 0.15) is 5.82 Å². The number of halogens is 16. The van der Waals surface area contributed by atoms with E-state index in [1.54, 1.807) is 0 Å². The van der Waals surface area contributed by atoms with Crippen LogP contribution in [0.15, 0.2) is 24.4 Å². The van der Waals surface area contributed by atoms with Gasteiger partial charge in [-0.2, -0.15) is 61.5 Å². The van der Waals surface area contributed by atoms with Crippen LogP contribution in [0.25, 0.3) is 0 Å². The molecule has 0 spiro atoms. The SMILES string of the molecule is O=C(Nc1ccccn1)C(F)(F)C(F)(F)C(F)(F)C(F)(F)C(F)(F)C(F)(F)C(F)(F)C(F)F. The van der Waals surface area contributed by atoms with Crippen LogP contribution < -0.4 is 5.32 Å². The van der Waals surface area contributed by atoms with Gasteiger partial charge < -0.3 is 5.32 Å². The fourth-order valence-corrected chi connectivity index (χ4v) is 1.91. The predicted octanol–water partition coefficient (Wildman–Crippen LogP) is 5.73. The van der Waals surface area contributed by atoms with Crippen molar-refractivity contribution in [3.05, 3.63) is 24.4 Å². The van der Waals surface area contributed by atoms with Crippen molar-refractivity contribution in [3.8, 4) is 0 Å². The molecule has 1 N–H and O–H groups in total. The number of nitrogens with zero attached hydrogens (tertiary/aromatic N) is 1. The third kappa shape index (κ3) is 3.91. The molecule has 0 aromatic carbocycles. The Bertz CT molecular complexity index is 854. The Morgan fingerprint density at radius 1 is 0.697 bits per heavy atom. The minimum Gasteiger partial charge on any atom is -0.305 e. The van der Waals surface area contributed by atoms with Crippen molar-refractivity contribution in [1.29, 1.82) is 0 Å². The van der Waals surface area contributed by atoms with Gasteiger partial charge in [0.25, 0.3) is 0 Å². The molecule has 0 atom stereocenters. The van der Waals surface area contributed by atoms with Crippen LogP contribution in [0.5, 0.6) is 0 Å². The third-order valence-corrected chi connectivity index (χ3v) is 3.86. The summed E-state index contributed by atoms with van der Waals surface area (Å²) in [6, 6.07) is 2.47. The summed E-state index contributed by atoms with van der Waals surface area (Å²) in [5.74, 6) is -60.9. The van der Waals surface area contributed by atoms with E-state index in [1.165, 1.54) is 0 Å². The number of carbonyl (C=O) groups excluding carboxylic acids is 1. The molecule has 1 rings (SSSR count). The molecule has 3 nitrogen and oxygen atoms in total. The number of amides is 1. The van der Waals surface area contributed by atoms with Gasteiger partial charge in [0, 0.05) is 6.20 Å². The van der Waals surface area contributed by atoms with Crippen LogP contribution in [-0.4, -0.2) is 58.8 Å². The molecule has 1 heterocycles. The molecule has 0 aliphatic rings. The zero-order valence-corrected chi connectivity index (χ0v) is 14.8. The van der Waals surface area contributed by atoms with Gasteiger partial charge in [-0.25, -0.2) is 13.8 Å². The minimum absolute atomic E-state index is 0.556. The van der Waals surface area contributed by atoms with Crippen LogP contribution in [-0.2, 0) is 4.79 Å². The monoisotopic (exact) mass is 522 g/mol. The van der Waals surface area contributed by atoms with Crippen LogP contribution in [0.4, 0.5) is 76.1 Å². The molecular weight excluding hydrogens is 516 g/mol. The van der Waals surface area contributed by atoms with Gasteiger partial charge in [0.15, 0.2) is 0 Å². The van der Waals surface area contributed by atoms with Crippen molar-refractivity contribution in [3.63, 3.8) is 0 Å². The van der Waals surface area contributed by atoms with Crippen molar-refractivity contribution < 1.29 is 75.0 Å². The quantitative estimate of drug-likeness (QED) is 0.421. The van der Waals surface area contributed by atoms with E-state index in [2.05, 4.69) is 4.98 Å². The number of anilines is 1. The summed E-state index contributed by atoms with van der Waals surface area (Å²) in [5.41, 5.74) is 0. The fraction of sp³-hybridized carbons (Fsp3) is 0.571. The number of rotatable bonds is 9. The molecule has 0 saturated carbocycles. The van der Waals surface area contributed by atoms with Crippen LogP contribution >= 0.6 is 0 Å². The highest BCUT2D eigenvalue weighted by atomic mass is 19.4. The van der Waals surface area contributed by atoms with E-state index >= 15 is 0 Å². The van der Waals surface area contributed by atoms with E-state index in [0.717, 1.165) is 12.1 Å². The van der Waals surface area contributed by atoms with E-state index in [0.29, 0.717) is 17.6 Å². The normalized spacial score (nSPS) is 15.1. The first-order valence-electron chi connectivity index (χ1n) is 7.60. The number of pyridine rings is 1. The maximum absolute atomic E-state index is 13.6. The first-order valence-corrected chi connectivity index (χ1v) is 7.60. The van der Waals surface area contributed by atoms with Gasteiger partial charge in [-0.05, 0) is 12.1 Å². The van der Waals surface area contributed by atoms with Crippen LogP contribution in [0.1, 0.15) is 0 Å². The predicted molar refractivity (Wildman–Crippen MR) is 73.5 cm³/mol. The Hall–Kier alpha value is -2.50. The largest absolute Gasteiger partial charge is 0.393 e. The molecule has 0 bridgehead atoms. The van der Waals surface area contributed by atoms with Gasteiger partial charge >= 0.3 is 53.8 Å². The molecule has 0 unspecified atom stereocenters. The van der Waals surface area contributed by atoms with E-state index in [4.69, 9.17) is 0 Å². The summed E-state index contributed by atoms with van der Waals surface area (Å²) in [5, 5.41) is 0.707. The molecule has 190 valence electrons. The molecule has 1 aromatic rings. The second-order valence-corrected chi connectivity index (χ2v) is 6.04. The molecule has 1 amide bonds. The Morgan fingerprint density at radius 3 is 1.52 bits per heavy atom. The molecule has 0 saturated heterocycles. The summed E-state index contributed by atoms with van der Waals surface area (Å²) in [6.45, 7) is 0. The number of hydrogen-bond donors (Lipinski definition) is 1. The van der Waals surface area contributed by atoms with Gasteiger partial charge in [0.05, 0.1) is 0 Å². The summed E-state index contributed by atoms with van der Waals surface area (Å²) in [7, 11) is 0. The number of nitrogens with one attached hydrogen (secondary N) is 1. The average molecular weight is 522 g/mol. The molecular formula is C14H6F16N2O. The summed E-state index contributed by atoms with van der Waals surface area (Å²) >= 11 is 0. The van der Waals surface area contributed by atoms with E-state index in [9.17, 15) is 75.0 Å². The summed E-state index contributed by atoms with van der Waals surface area (Å²) < 4.78 is 211. The lowest BCUT2D eigenvalue weighted by molar-refractivity contribution is -0.443. The van der Waals surface area contributed by atoms with Crippen LogP contribution in [0, 0.1) is 0 Å². The number of hydrogen-bond acceptors (Lipinski definition) is 2. The molecule has 1 aromatic heterocycles. The zero-order valence-electron chi connectivity index (χ0n) is 14.8. The van der Waals surface area contributed by atoms with Gasteiger partial charge in [-0.1, -0.05) is 6.07 Å². The number of carbonyl (C=O) groups is 1. The van der Waals surface area contributed by atoms with Crippen LogP contribution in [0.2, 0.25) is 0 Å². The maximum Gasteiger partial charge on any atom is 0.393 e. The number of aromatic nitrogens is 1. The molecule has 0 aliphatic heterocycles. The second kappa shape index (κ2) is 8.07. The Kier molecular flexibility index (Phi) is 6.98. The number of alkyl halides is 16. The highest BCUT2D eigenvalue weighted by Gasteiger charge is 2.94. The molecule has 0 radical (unpaired) electrons. The van der Waals surface area contributed by atoms with E-state index in [1.807, 2.05) is 0 Å². The van der Waals surface area contributed by atoms with Crippen molar-refractivity contribution in [2.75, 3.05) is 5.32 Å². The van der Waals surface area contributed by atoms with E-state index in [-0.39, 0.29) is 0 Å². The van der Waals surface area contributed by atoms with Crippen molar-refractivity contribution in [2.24, 2.45) is 0 Å². The highest BCUT2D eigenvalue weighted by molar-refractivity contribution is 5.96. The third-order valence-electron chi connectivity index (χ3n) is 3.86. The average Bonchev–Trinajstić information content (AvgIpc) is 2.67. The molecule has 19 heteroatoms. The molecule has 0 aliphatic carbocycles. The lowest BCUT2D eigenvalue weighted by Crippen LogP contribution is -2.74. The Balaban J connectivity index is 3.53. The fourth-order valence-electron chi connectivity index (χ4n) is 1.91. The topological polar surface area (TPSA) is 42.0 Å². The highest BCUT2D eigenvalue weighted by Crippen LogP contribution is 2.62. The van der Waals surface area contributed by atoms with Gasteiger partial charge in [-0.15, -0.1) is 0 Å². The summed E-state index contributed by atoms with van der Waals surface area (Å²) in [6.07, 6.45) is -5.23. The van der Waals surface area contributed by atoms with Crippen LogP contribution in [0.3, 0.4) is 0 Å². The molecule has 33 heavy (non-hydrogen) atoms.